The first-order valence-electron chi connectivity index (χ1n) is 16.9. The first-order valence-corrected chi connectivity index (χ1v) is 16.9. The third-order valence-electron chi connectivity index (χ3n) is 7.97. The van der Waals surface area contributed by atoms with Crippen molar-refractivity contribution < 1.29 is 33.0 Å². The van der Waals surface area contributed by atoms with E-state index in [0.717, 1.165) is 17.2 Å². The van der Waals surface area contributed by atoms with E-state index >= 15 is 0 Å². The lowest BCUT2D eigenvalue weighted by molar-refractivity contribution is -0.131. The summed E-state index contributed by atoms with van der Waals surface area (Å²) in [5.74, 6) is 3.42. The molecule has 270 valence electrons. The summed E-state index contributed by atoms with van der Waals surface area (Å²) in [6.07, 6.45) is 10.5. The molecular weight excluding hydrogens is 646 g/mol. The molecule has 0 atom stereocenters. The van der Waals surface area contributed by atoms with Gasteiger partial charge < -0.3 is 44.3 Å². The molecule has 1 aliphatic heterocycles. The summed E-state index contributed by atoms with van der Waals surface area (Å²) in [6, 6.07) is 7.00. The second kappa shape index (κ2) is 20.0. The van der Waals surface area contributed by atoms with E-state index in [0.29, 0.717) is 108 Å². The number of carbonyl (C=O) groups excluding carboxylic acids is 2. The normalized spacial score (nSPS) is 13.4. The van der Waals surface area contributed by atoms with E-state index in [4.69, 9.17) is 35.5 Å². The monoisotopic (exact) mass is 693 g/mol. The molecule has 3 heterocycles. The van der Waals surface area contributed by atoms with E-state index in [9.17, 15) is 14.4 Å². The van der Waals surface area contributed by atoms with Gasteiger partial charge in [-0.05, 0) is 24.6 Å². The van der Waals surface area contributed by atoms with Crippen LogP contribution >= 0.6 is 0 Å². The number of nitrogens with two attached hydrogens (primary N) is 1. The van der Waals surface area contributed by atoms with Crippen LogP contribution in [-0.4, -0.2) is 106 Å². The third-order valence-corrected chi connectivity index (χ3v) is 7.97. The lowest BCUT2D eigenvalue weighted by Crippen LogP contribution is -2.31. The smallest absolute Gasteiger partial charge is 0.248 e. The van der Waals surface area contributed by atoms with Gasteiger partial charge in [-0.2, -0.15) is 10.2 Å². The van der Waals surface area contributed by atoms with Crippen LogP contribution in [0.25, 0.3) is 21.9 Å². The maximum absolute atomic E-state index is 12.3. The van der Waals surface area contributed by atoms with Gasteiger partial charge in [0.05, 0.1) is 76.8 Å². The van der Waals surface area contributed by atoms with E-state index in [1.54, 1.807) is 24.3 Å². The molecule has 50 heavy (non-hydrogen) atoms. The predicted octanol–water partition coefficient (Wildman–Crippen LogP) is 3.16. The molecule has 3 aromatic rings. The number of pyridine rings is 1. The minimum absolute atomic E-state index is 0.00135. The van der Waals surface area contributed by atoms with Crippen molar-refractivity contribution in [2.75, 3.05) is 72.9 Å². The highest BCUT2D eigenvalue weighted by molar-refractivity contribution is 6.00. The van der Waals surface area contributed by atoms with E-state index in [1.165, 1.54) is 6.07 Å². The minimum Gasteiger partial charge on any atom is -0.488 e. The molecule has 15 heteroatoms. The van der Waals surface area contributed by atoms with Crippen molar-refractivity contribution in [1.82, 2.24) is 15.2 Å². The van der Waals surface area contributed by atoms with Crippen LogP contribution in [0.4, 0.5) is 0 Å². The highest BCUT2D eigenvalue weighted by Gasteiger charge is 2.39. The molecule has 0 bridgehead atoms. The van der Waals surface area contributed by atoms with Gasteiger partial charge in [-0.15, -0.1) is 12.3 Å². The number of nitrogens with zero attached hydrogens (tertiary/aromatic N) is 4. The molecule has 1 aromatic carbocycles. The highest BCUT2D eigenvalue weighted by atomic mass is 16.5. The van der Waals surface area contributed by atoms with Gasteiger partial charge in [-0.25, -0.2) is 0 Å². The lowest BCUT2D eigenvalue weighted by atomic mass is 10.0. The van der Waals surface area contributed by atoms with Crippen molar-refractivity contribution in [3.8, 4) is 18.1 Å². The van der Waals surface area contributed by atoms with Crippen LogP contribution in [0, 0.1) is 12.3 Å². The maximum Gasteiger partial charge on any atom is 0.248 e. The summed E-state index contributed by atoms with van der Waals surface area (Å²) in [4.78, 5) is 45.0. The molecule has 0 saturated heterocycles. The SMILES string of the molecule is C#CCCC1(CCN(C)C(=O)CCOCCOCCOCCC(=O)NCCN=C(N)CCCOc2c3[nH]c(=O)ccc3cc3ccoc23)N=N1. The van der Waals surface area contributed by atoms with Crippen LogP contribution in [0.15, 0.2) is 55.0 Å². The van der Waals surface area contributed by atoms with E-state index in [2.05, 4.69) is 31.4 Å². The number of ether oxygens (including phenoxy) is 4. The van der Waals surface area contributed by atoms with Crippen molar-refractivity contribution in [3.63, 3.8) is 0 Å². The number of carbonyl (C=O) groups is 2. The molecule has 0 radical (unpaired) electrons. The molecule has 0 aliphatic carbocycles. The minimum atomic E-state index is -0.391. The summed E-state index contributed by atoms with van der Waals surface area (Å²) in [7, 11) is 1.76. The molecule has 0 unspecified atom stereocenters. The van der Waals surface area contributed by atoms with Crippen LogP contribution in [0.1, 0.15) is 44.9 Å². The number of aliphatic imine (C=N–C) groups is 1. The summed E-state index contributed by atoms with van der Waals surface area (Å²) in [6.45, 7) is 3.71. The van der Waals surface area contributed by atoms with E-state index in [-0.39, 0.29) is 36.8 Å². The van der Waals surface area contributed by atoms with Crippen LogP contribution in [-0.2, 0) is 23.8 Å². The Hall–Kier alpha value is -4.78. The Morgan fingerprint density at radius 2 is 1.76 bits per heavy atom. The second-order valence-corrected chi connectivity index (χ2v) is 11.8. The first-order chi connectivity index (χ1) is 24.3. The van der Waals surface area contributed by atoms with Gasteiger partial charge in [0, 0.05) is 69.1 Å². The van der Waals surface area contributed by atoms with Crippen molar-refractivity contribution in [3.05, 3.63) is 40.9 Å². The number of hydrogen-bond donors (Lipinski definition) is 3. The number of benzene rings is 1. The standard InChI is InChI=1S/C35H47N7O8/c1-3-4-12-35(40-41-35)13-16-42(2)31(45)11-19-47-22-24-48-23-21-46-18-10-29(43)38-15-14-37-28(36)6-5-17-49-34-32-26(7-8-30(44)39-32)25-27-9-20-50-33(27)34/h1,7-9,20,25H,4-6,10-19,21-24H2,2H3,(H2,36,37)(H,38,43)(H,39,44). The van der Waals surface area contributed by atoms with Crippen molar-refractivity contribution in [2.45, 2.75) is 50.6 Å². The Labute approximate surface area is 290 Å². The van der Waals surface area contributed by atoms with Crippen LogP contribution in [0.3, 0.4) is 0 Å². The fourth-order valence-electron chi connectivity index (χ4n) is 5.02. The van der Waals surface area contributed by atoms with Crippen LogP contribution in [0.2, 0.25) is 0 Å². The van der Waals surface area contributed by atoms with Crippen molar-refractivity contribution in [2.24, 2.45) is 21.0 Å². The largest absolute Gasteiger partial charge is 0.488 e. The predicted molar refractivity (Wildman–Crippen MR) is 188 cm³/mol. The van der Waals surface area contributed by atoms with Crippen molar-refractivity contribution >= 4 is 39.5 Å². The fourth-order valence-corrected chi connectivity index (χ4v) is 5.02. The lowest BCUT2D eigenvalue weighted by Gasteiger charge is -2.19. The zero-order valence-electron chi connectivity index (χ0n) is 28.6. The Bertz CT molecular complexity index is 1700. The zero-order valence-corrected chi connectivity index (χ0v) is 28.6. The van der Waals surface area contributed by atoms with Gasteiger partial charge in [0.2, 0.25) is 17.4 Å². The zero-order chi connectivity index (χ0) is 35.6. The summed E-state index contributed by atoms with van der Waals surface area (Å²) < 4.78 is 28.0. The molecule has 1 aliphatic rings. The average molecular weight is 694 g/mol. The van der Waals surface area contributed by atoms with Crippen molar-refractivity contribution in [1.29, 1.82) is 0 Å². The van der Waals surface area contributed by atoms with Gasteiger partial charge in [0.25, 0.3) is 0 Å². The number of nitrogens with one attached hydrogen (secondary N) is 2. The average Bonchev–Trinajstić information content (AvgIpc) is 3.73. The van der Waals surface area contributed by atoms with Gasteiger partial charge in [0.1, 0.15) is 0 Å². The fraction of sp³-hybridized carbons (Fsp3) is 0.543. The molecule has 0 spiro atoms. The number of amidine groups is 1. The van der Waals surface area contributed by atoms with Gasteiger partial charge >= 0.3 is 0 Å². The highest BCUT2D eigenvalue weighted by Crippen LogP contribution is 2.36. The number of H-pyrrole nitrogens is 1. The Kier molecular flexibility index (Phi) is 15.2. The first kappa shape index (κ1) is 38.0. The van der Waals surface area contributed by atoms with Gasteiger partial charge in [-0.1, -0.05) is 0 Å². The number of fused-ring (bicyclic) bond motifs is 2. The van der Waals surface area contributed by atoms with Crippen LogP contribution < -0.4 is 21.3 Å². The molecule has 2 amide bonds. The van der Waals surface area contributed by atoms with E-state index in [1.807, 2.05) is 12.1 Å². The molecule has 2 aromatic heterocycles. The number of hydrogen-bond acceptors (Lipinski definition) is 11. The molecule has 0 saturated carbocycles. The van der Waals surface area contributed by atoms with Crippen LogP contribution in [0.5, 0.6) is 5.75 Å². The van der Waals surface area contributed by atoms with Gasteiger partial charge in [-0.3, -0.25) is 19.4 Å². The topological polar surface area (TPSA) is 195 Å². The molecule has 4 rings (SSSR count). The van der Waals surface area contributed by atoms with Gasteiger partial charge in [0.15, 0.2) is 17.0 Å². The number of amides is 2. The number of furan rings is 1. The maximum atomic E-state index is 12.3. The third kappa shape index (κ3) is 12.6. The number of rotatable bonds is 25. The molecule has 15 nitrogen and oxygen atoms in total. The Morgan fingerprint density at radius 3 is 2.50 bits per heavy atom. The summed E-state index contributed by atoms with van der Waals surface area (Å²) >= 11 is 0. The van der Waals surface area contributed by atoms with E-state index < -0.39 is 5.66 Å². The number of aromatic amines is 1. The summed E-state index contributed by atoms with van der Waals surface area (Å²) in [5.41, 5.74) is 6.58. The number of aromatic nitrogens is 1. The Balaban J connectivity index is 0.941. The second-order valence-electron chi connectivity index (χ2n) is 11.8. The molecule has 4 N–H and O–H groups in total. The molecule has 0 fully saturated rings. The number of terminal acetylenes is 1. The Morgan fingerprint density at radius 1 is 1.02 bits per heavy atom. The summed E-state index contributed by atoms with van der Waals surface area (Å²) in [5, 5.41) is 12.7. The quantitative estimate of drug-likeness (QED) is 0.0517. The molecular formula is C35H47N7O8.